The molecule has 8 heteroatoms. The van der Waals surface area contributed by atoms with Crippen LogP contribution in [0, 0.1) is 5.82 Å². The van der Waals surface area contributed by atoms with Gasteiger partial charge in [-0.15, -0.1) is 0 Å². The lowest BCUT2D eigenvalue weighted by Gasteiger charge is -2.34. The number of carbonyl (C=O) groups excluding carboxylic acids is 2. The maximum atomic E-state index is 14.5. The van der Waals surface area contributed by atoms with Crippen LogP contribution in [0.3, 0.4) is 0 Å². The Morgan fingerprint density at radius 1 is 1.29 bits per heavy atom. The van der Waals surface area contributed by atoms with E-state index in [0.29, 0.717) is 17.0 Å². The summed E-state index contributed by atoms with van der Waals surface area (Å²) in [6, 6.07) is 10.8. The molecule has 0 bridgehead atoms. The molecular formula is C20H21FN4O3. The summed E-state index contributed by atoms with van der Waals surface area (Å²) in [5.41, 5.74) is 5.65. The first-order valence-electron chi connectivity index (χ1n) is 8.61. The average Bonchev–Trinajstić information content (AvgIpc) is 2.67. The van der Waals surface area contributed by atoms with E-state index in [1.807, 2.05) is 0 Å². The number of nitrogens with two attached hydrogens (primary N) is 1. The zero-order chi connectivity index (χ0) is 20.5. The molecule has 0 radical (unpaired) electrons. The molecule has 0 aliphatic carbocycles. The highest BCUT2D eigenvalue weighted by Gasteiger charge is 2.38. The van der Waals surface area contributed by atoms with Crippen LogP contribution in [0.4, 0.5) is 10.1 Å². The molecule has 0 saturated carbocycles. The third kappa shape index (κ3) is 3.66. The van der Waals surface area contributed by atoms with Crippen LogP contribution >= 0.6 is 0 Å². The number of nitrogens with zero attached hydrogens (tertiary/aromatic N) is 2. The number of benzene rings is 2. The van der Waals surface area contributed by atoms with Crippen molar-refractivity contribution in [2.45, 2.75) is 18.9 Å². The smallest absolute Gasteiger partial charge is 0.255 e. The molecule has 0 aromatic heterocycles. The van der Waals surface area contributed by atoms with Gasteiger partial charge in [0.15, 0.2) is 5.96 Å². The van der Waals surface area contributed by atoms with E-state index in [2.05, 4.69) is 10.3 Å². The summed E-state index contributed by atoms with van der Waals surface area (Å²) >= 11 is 0. The molecule has 146 valence electrons. The highest BCUT2D eigenvalue weighted by Crippen LogP contribution is 2.35. The molecule has 0 fully saturated rings. The number of amides is 2. The summed E-state index contributed by atoms with van der Waals surface area (Å²) in [5, 5.41) is 2.73. The van der Waals surface area contributed by atoms with E-state index in [4.69, 9.17) is 10.5 Å². The van der Waals surface area contributed by atoms with Gasteiger partial charge in [0.2, 0.25) is 5.91 Å². The third-order valence-corrected chi connectivity index (χ3v) is 4.73. The minimum absolute atomic E-state index is 0.0193. The van der Waals surface area contributed by atoms with Gasteiger partial charge in [0.25, 0.3) is 5.91 Å². The standard InChI is InChI=1S/C20H21FN4O3/c1-20(11-17(26)25(2)19(22)24-20)15-10-13(6-9-16(15)21)23-18(27)12-4-7-14(28-3)8-5-12/h4-10H,11H2,1-3H3,(H2,22,24)(H,23,27). The lowest BCUT2D eigenvalue weighted by molar-refractivity contribution is -0.128. The van der Waals surface area contributed by atoms with E-state index in [1.54, 1.807) is 38.3 Å². The number of carbonyl (C=O) groups is 2. The van der Waals surface area contributed by atoms with Crippen LogP contribution < -0.4 is 15.8 Å². The van der Waals surface area contributed by atoms with Crippen molar-refractivity contribution in [3.63, 3.8) is 0 Å². The van der Waals surface area contributed by atoms with Crippen LogP contribution in [0.1, 0.15) is 29.3 Å². The predicted octanol–water partition coefficient (Wildman–Crippen LogP) is 2.48. The molecule has 1 aliphatic heterocycles. The van der Waals surface area contributed by atoms with E-state index in [-0.39, 0.29) is 29.8 Å². The number of halogens is 1. The van der Waals surface area contributed by atoms with Crippen molar-refractivity contribution in [3.05, 3.63) is 59.4 Å². The zero-order valence-corrected chi connectivity index (χ0v) is 15.8. The largest absolute Gasteiger partial charge is 0.497 e. The SMILES string of the molecule is COc1ccc(C(=O)Nc2ccc(F)c(C3(C)CC(=O)N(C)C(N)=N3)c2)cc1. The molecule has 1 unspecified atom stereocenters. The van der Waals surface area contributed by atoms with Gasteiger partial charge in [-0.2, -0.15) is 0 Å². The van der Waals surface area contributed by atoms with Crippen LogP contribution in [-0.2, 0) is 10.3 Å². The molecule has 0 saturated heterocycles. The van der Waals surface area contributed by atoms with Crippen molar-refractivity contribution in [1.82, 2.24) is 4.90 Å². The quantitative estimate of drug-likeness (QED) is 0.846. The number of anilines is 1. The maximum Gasteiger partial charge on any atom is 0.255 e. The van der Waals surface area contributed by atoms with E-state index in [0.717, 1.165) is 0 Å². The predicted molar refractivity (Wildman–Crippen MR) is 104 cm³/mol. The summed E-state index contributed by atoms with van der Waals surface area (Å²) in [4.78, 5) is 30.2. The Balaban J connectivity index is 1.89. The second-order valence-electron chi connectivity index (χ2n) is 6.75. The van der Waals surface area contributed by atoms with Gasteiger partial charge < -0.3 is 15.8 Å². The molecule has 7 nitrogen and oxygen atoms in total. The van der Waals surface area contributed by atoms with Crippen molar-refractivity contribution in [3.8, 4) is 5.75 Å². The Kier molecular flexibility index (Phi) is 5.04. The van der Waals surface area contributed by atoms with E-state index in [9.17, 15) is 14.0 Å². The van der Waals surface area contributed by atoms with Crippen LogP contribution in [0.2, 0.25) is 0 Å². The Morgan fingerprint density at radius 3 is 2.57 bits per heavy atom. The van der Waals surface area contributed by atoms with Crippen LogP contribution in [-0.4, -0.2) is 36.8 Å². The van der Waals surface area contributed by atoms with Crippen molar-refractivity contribution in [2.75, 3.05) is 19.5 Å². The van der Waals surface area contributed by atoms with Gasteiger partial charge in [-0.05, 0) is 49.4 Å². The summed E-state index contributed by atoms with van der Waals surface area (Å²) in [7, 11) is 3.06. The summed E-state index contributed by atoms with van der Waals surface area (Å²) in [6.45, 7) is 1.64. The van der Waals surface area contributed by atoms with Gasteiger partial charge in [0.1, 0.15) is 11.6 Å². The Morgan fingerprint density at radius 2 is 1.96 bits per heavy atom. The number of methoxy groups -OCH3 is 1. The average molecular weight is 384 g/mol. The minimum Gasteiger partial charge on any atom is -0.497 e. The first-order chi connectivity index (χ1) is 13.2. The second kappa shape index (κ2) is 7.30. The number of hydrogen-bond donors (Lipinski definition) is 2. The number of ether oxygens (including phenoxy) is 1. The zero-order valence-electron chi connectivity index (χ0n) is 15.8. The van der Waals surface area contributed by atoms with Crippen LogP contribution in [0.15, 0.2) is 47.5 Å². The van der Waals surface area contributed by atoms with Gasteiger partial charge in [-0.1, -0.05) is 0 Å². The van der Waals surface area contributed by atoms with Crippen molar-refractivity contribution in [1.29, 1.82) is 0 Å². The summed E-state index contributed by atoms with van der Waals surface area (Å²) in [5.74, 6) is -0.490. The lowest BCUT2D eigenvalue weighted by Crippen LogP contribution is -2.47. The monoisotopic (exact) mass is 384 g/mol. The van der Waals surface area contributed by atoms with Crippen LogP contribution in [0.25, 0.3) is 0 Å². The molecule has 2 aromatic carbocycles. The second-order valence-corrected chi connectivity index (χ2v) is 6.75. The Bertz CT molecular complexity index is 958. The molecule has 0 spiro atoms. The first-order valence-corrected chi connectivity index (χ1v) is 8.61. The Labute approximate surface area is 162 Å². The highest BCUT2D eigenvalue weighted by molar-refractivity contribution is 6.04. The Hall–Kier alpha value is -3.42. The van der Waals surface area contributed by atoms with Gasteiger partial charge in [0, 0.05) is 23.9 Å². The lowest BCUT2D eigenvalue weighted by atomic mass is 9.87. The van der Waals surface area contributed by atoms with E-state index in [1.165, 1.54) is 30.1 Å². The maximum absolute atomic E-state index is 14.5. The van der Waals surface area contributed by atoms with E-state index >= 15 is 0 Å². The first kappa shape index (κ1) is 19.3. The molecule has 3 rings (SSSR count). The van der Waals surface area contributed by atoms with Crippen molar-refractivity contribution >= 4 is 23.5 Å². The fourth-order valence-corrected chi connectivity index (χ4v) is 3.03. The summed E-state index contributed by atoms with van der Waals surface area (Å²) < 4.78 is 19.6. The molecule has 2 amide bonds. The van der Waals surface area contributed by atoms with Crippen LogP contribution in [0.5, 0.6) is 5.75 Å². The number of rotatable bonds is 4. The third-order valence-electron chi connectivity index (χ3n) is 4.73. The molecule has 1 aliphatic rings. The van der Waals surface area contributed by atoms with Crippen molar-refractivity contribution < 1.29 is 18.7 Å². The number of hydrogen-bond acceptors (Lipinski definition) is 5. The number of guanidine groups is 1. The normalized spacial score (nSPS) is 19.2. The van der Waals surface area contributed by atoms with Gasteiger partial charge in [-0.25, -0.2) is 9.38 Å². The minimum atomic E-state index is -1.15. The molecule has 1 heterocycles. The summed E-state index contributed by atoms with van der Waals surface area (Å²) in [6.07, 6.45) is -0.0308. The fourth-order valence-electron chi connectivity index (χ4n) is 3.03. The number of aliphatic imine (C=N–C) groups is 1. The number of nitrogens with one attached hydrogen (secondary N) is 1. The fraction of sp³-hybridized carbons (Fsp3) is 0.250. The molecular weight excluding hydrogens is 363 g/mol. The van der Waals surface area contributed by atoms with Gasteiger partial charge in [0.05, 0.1) is 19.1 Å². The molecule has 3 N–H and O–H groups in total. The van der Waals surface area contributed by atoms with Gasteiger partial charge >= 0.3 is 0 Å². The van der Waals surface area contributed by atoms with E-state index < -0.39 is 11.4 Å². The molecule has 2 aromatic rings. The topological polar surface area (TPSA) is 97.0 Å². The highest BCUT2D eigenvalue weighted by atomic mass is 19.1. The molecule has 1 atom stereocenters. The van der Waals surface area contributed by atoms with Crippen molar-refractivity contribution in [2.24, 2.45) is 10.7 Å². The molecule has 28 heavy (non-hydrogen) atoms. The van der Waals surface area contributed by atoms with Gasteiger partial charge in [-0.3, -0.25) is 14.5 Å².